The summed E-state index contributed by atoms with van der Waals surface area (Å²) < 4.78 is 37.0. The Bertz CT molecular complexity index is 1660. The summed E-state index contributed by atoms with van der Waals surface area (Å²) in [6.07, 6.45) is 0. The van der Waals surface area contributed by atoms with Crippen LogP contribution in [0.1, 0.15) is 5.56 Å². The van der Waals surface area contributed by atoms with E-state index in [9.17, 15) is 4.39 Å². The third-order valence-electron chi connectivity index (χ3n) is 7.27. The number of aromatic nitrogens is 2. The van der Waals surface area contributed by atoms with Gasteiger partial charge in [-0.2, -0.15) is 4.98 Å². The van der Waals surface area contributed by atoms with Crippen molar-refractivity contribution in [1.29, 1.82) is 0 Å². The van der Waals surface area contributed by atoms with Crippen molar-refractivity contribution in [3.05, 3.63) is 102 Å². The lowest BCUT2D eigenvalue weighted by Crippen LogP contribution is -2.38. The molecular formula is C34H32FN3O4. The molecule has 8 heteroatoms. The van der Waals surface area contributed by atoms with Gasteiger partial charge in [0.05, 0.1) is 26.0 Å². The van der Waals surface area contributed by atoms with Gasteiger partial charge in [0.25, 0.3) is 0 Å². The van der Waals surface area contributed by atoms with Gasteiger partial charge in [0.2, 0.25) is 5.88 Å². The molecule has 6 rings (SSSR count). The van der Waals surface area contributed by atoms with Gasteiger partial charge in [-0.15, -0.1) is 0 Å². The summed E-state index contributed by atoms with van der Waals surface area (Å²) in [6.45, 7) is 5.02. The zero-order chi connectivity index (χ0) is 28.7. The predicted octanol–water partition coefficient (Wildman–Crippen LogP) is 6.40. The maximum absolute atomic E-state index is 14.2. The third-order valence-corrected chi connectivity index (χ3v) is 7.27. The predicted molar refractivity (Wildman–Crippen MR) is 160 cm³/mol. The molecule has 0 amide bonds. The molecule has 214 valence electrons. The van der Waals surface area contributed by atoms with Gasteiger partial charge in [-0.1, -0.05) is 36.4 Å². The second-order valence-electron chi connectivity index (χ2n) is 10.0. The normalized spacial score (nSPS) is 13.7. The van der Waals surface area contributed by atoms with Gasteiger partial charge >= 0.3 is 0 Å². The Hall–Kier alpha value is -4.53. The molecule has 0 bridgehead atoms. The van der Waals surface area contributed by atoms with E-state index in [4.69, 9.17) is 28.9 Å². The molecule has 0 radical (unpaired) electrons. The molecule has 0 N–H and O–H groups in total. The van der Waals surface area contributed by atoms with Crippen LogP contribution in [0, 0.1) is 5.82 Å². The summed E-state index contributed by atoms with van der Waals surface area (Å²) in [5, 5.41) is 2.10. The van der Waals surface area contributed by atoms with E-state index in [1.54, 1.807) is 31.4 Å². The van der Waals surface area contributed by atoms with E-state index in [1.807, 2.05) is 48.5 Å². The van der Waals surface area contributed by atoms with Crippen LogP contribution in [0.4, 0.5) is 4.39 Å². The number of methoxy groups -OCH3 is 1. The van der Waals surface area contributed by atoms with E-state index in [0.717, 1.165) is 66.2 Å². The number of nitrogens with zero attached hydrogens (tertiary/aromatic N) is 3. The van der Waals surface area contributed by atoms with Crippen molar-refractivity contribution in [2.24, 2.45) is 0 Å². The molecule has 7 nitrogen and oxygen atoms in total. The van der Waals surface area contributed by atoms with Crippen molar-refractivity contribution in [1.82, 2.24) is 14.9 Å². The first kappa shape index (κ1) is 27.6. The SMILES string of the molecule is COc1ccc(-c2cc(OCc3ccccc3F)nc(-c3ccc4cc(OCCN5CCOCC5)ccc4c3)n2)cc1. The molecule has 0 aliphatic carbocycles. The second-order valence-corrected chi connectivity index (χ2v) is 10.0. The number of hydrogen-bond acceptors (Lipinski definition) is 7. The number of fused-ring (bicyclic) bond motifs is 1. The smallest absolute Gasteiger partial charge is 0.217 e. The molecule has 1 aromatic heterocycles. The van der Waals surface area contributed by atoms with Gasteiger partial charge in [0.15, 0.2) is 5.82 Å². The highest BCUT2D eigenvalue weighted by atomic mass is 19.1. The summed E-state index contributed by atoms with van der Waals surface area (Å²) in [6, 6.07) is 28.2. The second kappa shape index (κ2) is 13.0. The number of benzene rings is 4. The van der Waals surface area contributed by atoms with Gasteiger partial charge < -0.3 is 18.9 Å². The van der Waals surface area contributed by atoms with Crippen LogP contribution in [0.5, 0.6) is 17.4 Å². The molecule has 0 unspecified atom stereocenters. The van der Waals surface area contributed by atoms with Gasteiger partial charge in [0, 0.05) is 42.4 Å². The maximum Gasteiger partial charge on any atom is 0.217 e. The standard InChI is InChI=1S/C34H32FN3O4/c1-39-29-11-8-24(9-12-29)32-22-33(42-23-28-4-2-3-5-31(28)35)37-34(36-32)27-7-6-26-21-30(13-10-25(26)20-27)41-19-16-38-14-17-40-18-15-38/h2-13,20-22H,14-19,23H2,1H3. The van der Waals surface area contributed by atoms with Crippen molar-refractivity contribution in [2.45, 2.75) is 6.61 Å². The minimum Gasteiger partial charge on any atom is -0.497 e. The average Bonchev–Trinajstić information content (AvgIpc) is 3.04. The zero-order valence-corrected chi connectivity index (χ0v) is 23.5. The van der Waals surface area contributed by atoms with E-state index in [-0.39, 0.29) is 12.4 Å². The molecule has 0 spiro atoms. The summed E-state index contributed by atoms with van der Waals surface area (Å²) in [4.78, 5) is 11.9. The van der Waals surface area contributed by atoms with Crippen LogP contribution >= 0.6 is 0 Å². The largest absolute Gasteiger partial charge is 0.497 e. The van der Waals surface area contributed by atoms with E-state index in [2.05, 4.69) is 17.0 Å². The van der Waals surface area contributed by atoms with Crippen LogP contribution < -0.4 is 14.2 Å². The van der Waals surface area contributed by atoms with Crippen molar-refractivity contribution in [3.63, 3.8) is 0 Å². The first-order chi connectivity index (χ1) is 20.6. The Morgan fingerprint density at radius 1 is 0.786 bits per heavy atom. The minimum absolute atomic E-state index is 0.0528. The van der Waals surface area contributed by atoms with E-state index >= 15 is 0 Å². The molecule has 1 aliphatic heterocycles. The minimum atomic E-state index is -0.318. The Kier molecular flexibility index (Phi) is 8.54. The lowest BCUT2D eigenvalue weighted by Gasteiger charge is -2.26. The first-order valence-corrected chi connectivity index (χ1v) is 14.0. The van der Waals surface area contributed by atoms with Crippen LogP contribution in [0.25, 0.3) is 33.4 Å². The highest BCUT2D eigenvalue weighted by Gasteiger charge is 2.13. The van der Waals surface area contributed by atoms with Crippen LogP contribution in [0.3, 0.4) is 0 Å². The quantitative estimate of drug-likeness (QED) is 0.194. The van der Waals surface area contributed by atoms with Gasteiger partial charge in [0.1, 0.15) is 30.5 Å². The lowest BCUT2D eigenvalue weighted by molar-refractivity contribution is 0.0322. The Balaban J connectivity index is 1.25. The van der Waals surface area contributed by atoms with E-state index < -0.39 is 0 Å². The monoisotopic (exact) mass is 565 g/mol. The van der Waals surface area contributed by atoms with E-state index in [1.165, 1.54) is 6.07 Å². The third kappa shape index (κ3) is 6.67. The zero-order valence-electron chi connectivity index (χ0n) is 23.5. The fourth-order valence-corrected chi connectivity index (χ4v) is 4.87. The lowest BCUT2D eigenvalue weighted by atomic mass is 10.1. The van der Waals surface area contributed by atoms with E-state index in [0.29, 0.717) is 29.6 Å². The average molecular weight is 566 g/mol. The topological polar surface area (TPSA) is 65.9 Å². The molecule has 1 aliphatic rings. The molecule has 42 heavy (non-hydrogen) atoms. The summed E-state index contributed by atoms with van der Waals surface area (Å²) in [7, 11) is 1.63. The molecule has 0 saturated carbocycles. The summed E-state index contributed by atoms with van der Waals surface area (Å²) in [5.41, 5.74) is 2.87. The van der Waals surface area contributed by atoms with Crippen molar-refractivity contribution >= 4 is 10.8 Å². The molecule has 2 heterocycles. The van der Waals surface area contributed by atoms with Crippen molar-refractivity contribution < 1.29 is 23.3 Å². The molecule has 1 saturated heterocycles. The Morgan fingerprint density at radius 3 is 2.33 bits per heavy atom. The van der Waals surface area contributed by atoms with Gasteiger partial charge in [-0.25, -0.2) is 9.37 Å². The number of morpholine rings is 1. The molecule has 4 aromatic carbocycles. The van der Waals surface area contributed by atoms with Crippen molar-refractivity contribution in [3.8, 4) is 40.0 Å². The molecule has 1 fully saturated rings. The Morgan fingerprint density at radius 2 is 1.52 bits per heavy atom. The van der Waals surface area contributed by atoms with Crippen LogP contribution in [-0.2, 0) is 11.3 Å². The number of hydrogen-bond donors (Lipinski definition) is 0. The highest BCUT2D eigenvalue weighted by Crippen LogP contribution is 2.30. The fourth-order valence-electron chi connectivity index (χ4n) is 4.87. The summed E-state index contributed by atoms with van der Waals surface area (Å²) >= 11 is 0. The maximum atomic E-state index is 14.2. The first-order valence-electron chi connectivity index (χ1n) is 14.0. The van der Waals surface area contributed by atoms with Crippen LogP contribution in [0.15, 0.2) is 91.0 Å². The van der Waals surface area contributed by atoms with Crippen LogP contribution in [-0.4, -0.2) is 61.4 Å². The summed E-state index contributed by atoms with van der Waals surface area (Å²) in [5.74, 6) is 2.15. The highest BCUT2D eigenvalue weighted by molar-refractivity contribution is 5.87. The number of rotatable bonds is 10. The van der Waals surface area contributed by atoms with Crippen molar-refractivity contribution in [2.75, 3.05) is 46.6 Å². The molecule has 0 atom stereocenters. The molecular weight excluding hydrogens is 533 g/mol. The van der Waals surface area contributed by atoms with Gasteiger partial charge in [-0.05, 0) is 59.3 Å². The van der Waals surface area contributed by atoms with Gasteiger partial charge in [-0.3, -0.25) is 4.90 Å². The van der Waals surface area contributed by atoms with Crippen LogP contribution in [0.2, 0.25) is 0 Å². The fraction of sp³-hybridized carbons (Fsp3) is 0.235. The Labute approximate surface area is 244 Å². The number of ether oxygens (including phenoxy) is 4. The molecule has 5 aromatic rings. The number of halogens is 1.